The largest absolute Gasteiger partial charge is 0.367 e. The molecule has 0 aliphatic heterocycles. The van der Waals surface area contributed by atoms with Crippen LogP contribution in [0.5, 0.6) is 0 Å². The molecule has 0 aromatic heterocycles. The highest BCUT2D eigenvalue weighted by atomic mass is 79.9. The number of unbranched alkanes of at least 4 members (excludes halogenated alkanes) is 2. The van der Waals surface area contributed by atoms with Gasteiger partial charge in [0.1, 0.15) is 5.82 Å². The third kappa shape index (κ3) is 4.27. The molecule has 0 amide bonds. The van der Waals surface area contributed by atoms with Crippen LogP contribution in [-0.2, 0) is 5.33 Å². The summed E-state index contributed by atoms with van der Waals surface area (Å²) in [4.78, 5) is 2.16. The summed E-state index contributed by atoms with van der Waals surface area (Å²) in [5.74, 6) is -0.114. The first-order valence-corrected chi connectivity index (χ1v) is 7.83. The van der Waals surface area contributed by atoms with Gasteiger partial charge in [0.15, 0.2) is 0 Å². The zero-order valence-corrected chi connectivity index (χ0v) is 13.1. The van der Waals surface area contributed by atoms with Crippen molar-refractivity contribution < 1.29 is 4.39 Å². The molecule has 0 atom stereocenters. The summed E-state index contributed by atoms with van der Waals surface area (Å²) >= 11 is 3.35. The van der Waals surface area contributed by atoms with E-state index in [1.54, 1.807) is 6.07 Å². The van der Waals surface area contributed by atoms with E-state index < -0.39 is 0 Å². The maximum atomic E-state index is 14.1. The number of benzene rings is 1. The summed E-state index contributed by atoms with van der Waals surface area (Å²) in [6, 6.07) is 5.84. The standard InChI is InChI=1S/C15H23BrFN/c1-4-5-6-9-18(12(2)3)15-8-7-13(11-16)10-14(15)17/h7-8,10,12H,4-6,9,11H2,1-3H3. The second-order valence-corrected chi connectivity index (χ2v) is 5.47. The van der Waals surface area contributed by atoms with Crippen LogP contribution < -0.4 is 4.90 Å². The maximum Gasteiger partial charge on any atom is 0.146 e. The summed E-state index contributed by atoms with van der Waals surface area (Å²) in [5, 5.41) is 0.696. The highest BCUT2D eigenvalue weighted by Crippen LogP contribution is 2.24. The first-order valence-electron chi connectivity index (χ1n) is 6.71. The van der Waals surface area contributed by atoms with Crippen LogP contribution in [0.3, 0.4) is 0 Å². The molecule has 0 saturated carbocycles. The van der Waals surface area contributed by atoms with Crippen molar-refractivity contribution in [3.05, 3.63) is 29.6 Å². The topological polar surface area (TPSA) is 3.24 Å². The molecule has 1 nitrogen and oxygen atoms in total. The van der Waals surface area contributed by atoms with Crippen molar-refractivity contribution in [1.29, 1.82) is 0 Å². The van der Waals surface area contributed by atoms with Gasteiger partial charge in [-0.05, 0) is 38.0 Å². The zero-order valence-electron chi connectivity index (χ0n) is 11.5. The molecule has 0 unspecified atom stereocenters. The molecule has 0 saturated heterocycles. The molecule has 0 radical (unpaired) electrons. The van der Waals surface area contributed by atoms with E-state index in [1.807, 2.05) is 12.1 Å². The summed E-state index contributed by atoms with van der Waals surface area (Å²) in [7, 11) is 0. The van der Waals surface area contributed by atoms with Gasteiger partial charge in [-0.3, -0.25) is 0 Å². The molecule has 3 heteroatoms. The highest BCUT2D eigenvalue weighted by molar-refractivity contribution is 9.08. The maximum absolute atomic E-state index is 14.1. The molecule has 0 N–H and O–H groups in total. The Bertz CT molecular complexity index is 366. The fraction of sp³-hybridized carbons (Fsp3) is 0.600. The third-order valence-electron chi connectivity index (χ3n) is 3.10. The van der Waals surface area contributed by atoms with Crippen molar-refractivity contribution in [2.75, 3.05) is 11.4 Å². The second-order valence-electron chi connectivity index (χ2n) is 4.91. The van der Waals surface area contributed by atoms with Gasteiger partial charge in [0.2, 0.25) is 0 Å². The number of hydrogen-bond donors (Lipinski definition) is 0. The van der Waals surface area contributed by atoms with Crippen molar-refractivity contribution in [1.82, 2.24) is 0 Å². The van der Waals surface area contributed by atoms with Crippen molar-refractivity contribution in [2.24, 2.45) is 0 Å². The molecule has 1 aromatic rings. The Hall–Kier alpha value is -0.570. The quantitative estimate of drug-likeness (QED) is 0.498. The fourth-order valence-electron chi connectivity index (χ4n) is 2.06. The van der Waals surface area contributed by atoms with Crippen LogP contribution in [0.1, 0.15) is 45.6 Å². The number of anilines is 1. The Balaban J connectivity index is 2.84. The third-order valence-corrected chi connectivity index (χ3v) is 3.75. The van der Waals surface area contributed by atoms with Crippen LogP contribution >= 0.6 is 15.9 Å². The smallest absolute Gasteiger partial charge is 0.146 e. The predicted octanol–water partition coefficient (Wildman–Crippen LogP) is 5.13. The second kappa shape index (κ2) is 7.78. The fourth-order valence-corrected chi connectivity index (χ4v) is 2.40. The number of hydrogen-bond acceptors (Lipinski definition) is 1. The Kier molecular flexibility index (Phi) is 6.69. The van der Waals surface area contributed by atoms with Crippen LogP contribution in [0.15, 0.2) is 18.2 Å². The monoisotopic (exact) mass is 315 g/mol. The van der Waals surface area contributed by atoms with Gasteiger partial charge < -0.3 is 4.90 Å². The van der Waals surface area contributed by atoms with Crippen LogP contribution in [0, 0.1) is 5.82 Å². The van der Waals surface area contributed by atoms with Crippen molar-refractivity contribution in [3.8, 4) is 0 Å². The Morgan fingerprint density at radius 3 is 2.50 bits per heavy atom. The van der Waals surface area contributed by atoms with E-state index in [2.05, 4.69) is 41.6 Å². The highest BCUT2D eigenvalue weighted by Gasteiger charge is 2.14. The van der Waals surface area contributed by atoms with E-state index in [0.29, 0.717) is 11.4 Å². The van der Waals surface area contributed by atoms with E-state index in [9.17, 15) is 4.39 Å². The van der Waals surface area contributed by atoms with E-state index in [1.165, 1.54) is 12.8 Å². The molecular weight excluding hydrogens is 293 g/mol. The lowest BCUT2D eigenvalue weighted by molar-refractivity contribution is 0.583. The number of rotatable bonds is 7. The van der Waals surface area contributed by atoms with Gasteiger partial charge in [0.25, 0.3) is 0 Å². The van der Waals surface area contributed by atoms with E-state index in [4.69, 9.17) is 0 Å². The van der Waals surface area contributed by atoms with Crippen molar-refractivity contribution in [3.63, 3.8) is 0 Å². The summed E-state index contributed by atoms with van der Waals surface area (Å²) < 4.78 is 14.1. The lowest BCUT2D eigenvalue weighted by atomic mass is 10.1. The Labute approximate surface area is 119 Å². The molecule has 0 aliphatic rings. The predicted molar refractivity (Wildman–Crippen MR) is 81.0 cm³/mol. The average molecular weight is 316 g/mol. The van der Waals surface area contributed by atoms with Crippen LogP contribution in [-0.4, -0.2) is 12.6 Å². The minimum Gasteiger partial charge on any atom is -0.367 e. The minimum absolute atomic E-state index is 0.114. The molecule has 0 bridgehead atoms. The van der Waals surface area contributed by atoms with Crippen molar-refractivity contribution >= 4 is 21.6 Å². The molecule has 0 fully saturated rings. The lowest BCUT2D eigenvalue weighted by Crippen LogP contribution is -2.32. The number of alkyl halides is 1. The lowest BCUT2D eigenvalue weighted by Gasteiger charge is -2.29. The van der Waals surface area contributed by atoms with Crippen molar-refractivity contribution in [2.45, 2.75) is 51.4 Å². The van der Waals surface area contributed by atoms with Gasteiger partial charge in [-0.15, -0.1) is 0 Å². The first kappa shape index (κ1) is 15.5. The van der Waals surface area contributed by atoms with E-state index in [0.717, 1.165) is 24.2 Å². The zero-order chi connectivity index (χ0) is 13.5. The van der Waals surface area contributed by atoms with Gasteiger partial charge in [-0.2, -0.15) is 0 Å². The summed E-state index contributed by atoms with van der Waals surface area (Å²) in [6.07, 6.45) is 3.51. The van der Waals surface area contributed by atoms with E-state index >= 15 is 0 Å². The molecule has 18 heavy (non-hydrogen) atoms. The Morgan fingerprint density at radius 2 is 2.00 bits per heavy atom. The first-order chi connectivity index (χ1) is 8.60. The van der Waals surface area contributed by atoms with Gasteiger partial charge in [-0.25, -0.2) is 4.39 Å². The molecule has 1 aromatic carbocycles. The van der Waals surface area contributed by atoms with E-state index in [-0.39, 0.29) is 5.82 Å². The van der Waals surface area contributed by atoms with Crippen LogP contribution in [0.4, 0.5) is 10.1 Å². The molecule has 0 aliphatic carbocycles. The molecule has 0 heterocycles. The number of nitrogens with zero attached hydrogens (tertiary/aromatic N) is 1. The van der Waals surface area contributed by atoms with Crippen LogP contribution in [0.2, 0.25) is 0 Å². The molecule has 0 spiro atoms. The molecular formula is C15H23BrFN. The average Bonchev–Trinajstić information content (AvgIpc) is 2.35. The molecule has 102 valence electrons. The van der Waals surface area contributed by atoms with Gasteiger partial charge in [0, 0.05) is 17.9 Å². The Morgan fingerprint density at radius 1 is 1.28 bits per heavy atom. The summed E-state index contributed by atoms with van der Waals surface area (Å²) in [6.45, 7) is 7.34. The number of halogens is 2. The summed E-state index contributed by atoms with van der Waals surface area (Å²) in [5.41, 5.74) is 1.71. The van der Waals surface area contributed by atoms with Gasteiger partial charge in [-0.1, -0.05) is 41.8 Å². The normalized spacial score (nSPS) is 11.0. The SMILES string of the molecule is CCCCCN(c1ccc(CBr)cc1F)C(C)C. The van der Waals surface area contributed by atoms with Gasteiger partial charge >= 0.3 is 0 Å². The molecule has 1 rings (SSSR count). The van der Waals surface area contributed by atoms with Gasteiger partial charge in [0.05, 0.1) is 5.69 Å². The van der Waals surface area contributed by atoms with Crippen LogP contribution in [0.25, 0.3) is 0 Å². The minimum atomic E-state index is -0.114.